The average molecular weight is 302 g/mol. The Labute approximate surface area is 130 Å². The van der Waals surface area contributed by atoms with Gasteiger partial charge in [-0.3, -0.25) is 10.00 Å². The van der Waals surface area contributed by atoms with Gasteiger partial charge >= 0.3 is 0 Å². The van der Waals surface area contributed by atoms with Crippen molar-refractivity contribution in [2.24, 2.45) is 5.92 Å². The zero-order valence-corrected chi connectivity index (χ0v) is 13.5. The van der Waals surface area contributed by atoms with E-state index in [1.807, 2.05) is 4.68 Å². The fourth-order valence-electron chi connectivity index (χ4n) is 2.91. The number of nitrogens with one attached hydrogen (secondary N) is 1. The topological polar surface area (TPSA) is 36.9 Å². The highest BCUT2D eigenvalue weighted by atomic mass is 32.1. The van der Waals surface area contributed by atoms with Crippen molar-refractivity contribution >= 4 is 12.2 Å². The van der Waals surface area contributed by atoms with Gasteiger partial charge in [-0.05, 0) is 44.4 Å². The number of rotatable bonds is 3. The van der Waals surface area contributed by atoms with Gasteiger partial charge in [0, 0.05) is 12.1 Å². The lowest BCUT2D eigenvalue weighted by Gasteiger charge is -2.30. The molecule has 1 aromatic carbocycles. The molecule has 1 aromatic heterocycles. The summed E-state index contributed by atoms with van der Waals surface area (Å²) in [5.74, 6) is 1.62. The number of nitrogens with zero attached hydrogens (tertiary/aromatic N) is 3. The first kappa shape index (κ1) is 14.5. The summed E-state index contributed by atoms with van der Waals surface area (Å²) in [6.07, 6.45) is 2.60. The van der Waals surface area contributed by atoms with Crippen LogP contribution in [0.1, 0.15) is 25.3 Å². The Morgan fingerprint density at radius 2 is 2.10 bits per heavy atom. The van der Waals surface area contributed by atoms with E-state index in [1.54, 1.807) is 0 Å². The summed E-state index contributed by atoms with van der Waals surface area (Å²) < 4.78 is 2.60. The van der Waals surface area contributed by atoms with Gasteiger partial charge in [0.15, 0.2) is 5.82 Å². The molecule has 0 unspecified atom stereocenters. The van der Waals surface area contributed by atoms with Crippen LogP contribution in [0.4, 0.5) is 0 Å². The van der Waals surface area contributed by atoms with Crippen LogP contribution >= 0.6 is 12.2 Å². The van der Waals surface area contributed by atoms with Crippen molar-refractivity contribution in [3.8, 4) is 11.4 Å². The molecule has 1 atom stereocenters. The first-order valence-electron chi connectivity index (χ1n) is 7.58. The molecule has 0 spiro atoms. The van der Waals surface area contributed by atoms with E-state index in [2.05, 4.69) is 53.1 Å². The molecule has 3 rings (SSSR count). The number of likely N-dealkylation sites (tertiary alicyclic amines) is 1. The van der Waals surface area contributed by atoms with E-state index in [4.69, 9.17) is 12.2 Å². The fourth-order valence-corrected chi connectivity index (χ4v) is 3.10. The third-order valence-corrected chi connectivity index (χ3v) is 4.40. The third-order valence-electron chi connectivity index (χ3n) is 4.09. The van der Waals surface area contributed by atoms with E-state index < -0.39 is 0 Å². The summed E-state index contributed by atoms with van der Waals surface area (Å²) in [6.45, 7) is 7.49. The van der Waals surface area contributed by atoms with E-state index >= 15 is 0 Å². The highest BCUT2D eigenvalue weighted by molar-refractivity contribution is 7.71. The van der Waals surface area contributed by atoms with Crippen molar-refractivity contribution < 1.29 is 0 Å². The van der Waals surface area contributed by atoms with E-state index in [0.29, 0.717) is 4.77 Å². The van der Waals surface area contributed by atoms with Gasteiger partial charge in [-0.15, -0.1) is 0 Å². The lowest BCUT2D eigenvalue weighted by Crippen LogP contribution is -2.36. The summed E-state index contributed by atoms with van der Waals surface area (Å²) in [5, 5.41) is 3.34. The molecule has 1 aliphatic rings. The maximum Gasteiger partial charge on any atom is 0.217 e. The molecular formula is C16H22N4S. The lowest BCUT2D eigenvalue weighted by molar-refractivity contribution is 0.138. The van der Waals surface area contributed by atoms with Crippen LogP contribution < -0.4 is 0 Å². The molecule has 5 heteroatoms. The minimum Gasteiger partial charge on any atom is -0.284 e. The lowest BCUT2D eigenvalue weighted by atomic mass is 10.0. The van der Waals surface area contributed by atoms with Crippen LogP contribution in [0.3, 0.4) is 0 Å². The Bertz CT molecular complexity index is 656. The number of aromatic amines is 1. The second kappa shape index (κ2) is 6.12. The SMILES string of the molecule is Cc1ccc(-c2nc(=S)n(CN3CCC[C@@H](C)C3)[nH]2)cc1. The second-order valence-electron chi connectivity index (χ2n) is 6.11. The van der Waals surface area contributed by atoms with Crippen LogP contribution in [0.25, 0.3) is 11.4 Å². The fraction of sp³-hybridized carbons (Fsp3) is 0.500. The molecule has 2 aromatic rings. The van der Waals surface area contributed by atoms with Gasteiger partial charge in [-0.1, -0.05) is 36.8 Å². The molecule has 21 heavy (non-hydrogen) atoms. The zero-order valence-electron chi connectivity index (χ0n) is 12.7. The molecule has 0 radical (unpaired) electrons. The number of hydrogen-bond acceptors (Lipinski definition) is 3. The monoisotopic (exact) mass is 302 g/mol. The van der Waals surface area contributed by atoms with E-state index in [9.17, 15) is 0 Å². The molecule has 112 valence electrons. The van der Waals surface area contributed by atoms with Crippen molar-refractivity contribution in [2.75, 3.05) is 13.1 Å². The standard InChI is InChI=1S/C16H22N4S/c1-12-5-7-14(8-6-12)15-17-16(21)20(18-15)11-19-9-3-4-13(2)10-19/h5-8,13H,3-4,9-11H2,1-2H3,(H,17,18,21)/t13-/m1/s1. The van der Waals surface area contributed by atoms with Crippen molar-refractivity contribution in [2.45, 2.75) is 33.4 Å². The number of aryl methyl sites for hydroxylation is 1. The summed E-state index contributed by atoms with van der Waals surface area (Å²) >= 11 is 5.39. The van der Waals surface area contributed by atoms with Gasteiger partial charge in [0.2, 0.25) is 4.77 Å². The first-order valence-corrected chi connectivity index (χ1v) is 7.99. The molecule has 4 nitrogen and oxygen atoms in total. The summed E-state index contributed by atoms with van der Waals surface area (Å²) in [6, 6.07) is 8.35. The maximum absolute atomic E-state index is 5.39. The number of H-pyrrole nitrogens is 1. The molecule has 1 saturated heterocycles. The Kier molecular flexibility index (Phi) is 4.22. The zero-order chi connectivity index (χ0) is 14.8. The summed E-state index contributed by atoms with van der Waals surface area (Å²) in [5.41, 5.74) is 2.33. The van der Waals surface area contributed by atoms with Crippen LogP contribution in [0.2, 0.25) is 0 Å². The average Bonchev–Trinajstić information content (AvgIpc) is 2.81. The molecular weight excluding hydrogens is 280 g/mol. The molecule has 1 aliphatic heterocycles. The van der Waals surface area contributed by atoms with Gasteiger partial charge < -0.3 is 0 Å². The predicted octanol–water partition coefficient (Wildman–Crippen LogP) is 3.61. The number of aromatic nitrogens is 3. The summed E-state index contributed by atoms with van der Waals surface area (Å²) in [4.78, 5) is 6.94. The number of hydrogen-bond donors (Lipinski definition) is 1. The minimum absolute atomic E-state index is 0.629. The van der Waals surface area contributed by atoms with Crippen LogP contribution in [0, 0.1) is 17.6 Å². The van der Waals surface area contributed by atoms with Crippen molar-refractivity contribution in [3.05, 3.63) is 34.6 Å². The van der Waals surface area contributed by atoms with Gasteiger partial charge in [-0.25, -0.2) is 4.68 Å². The number of benzene rings is 1. The minimum atomic E-state index is 0.629. The van der Waals surface area contributed by atoms with Crippen LogP contribution in [0.5, 0.6) is 0 Å². The highest BCUT2D eigenvalue weighted by Gasteiger charge is 2.17. The quantitative estimate of drug-likeness (QED) is 0.880. The Hall–Kier alpha value is -1.46. The van der Waals surface area contributed by atoms with E-state index in [-0.39, 0.29) is 0 Å². The second-order valence-corrected chi connectivity index (χ2v) is 6.48. The number of piperidine rings is 1. The molecule has 1 fully saturated rings. The Balaban J connectivity index is 1.78. The molecule has 0 saturated carbocycles. The molecule has 0 amide bonds. The van der Waals surface area contributed by atoms with Gasteiger partial charge in [0.1, 0.15) is 0 Å². The maximum atomic E-state index is 5.39. The summed E-state index contributed by atoms with van der Waals surface area (Å²) in [7, 11) is 0. The van der Waals surface area contributed by atoms with E-state index in [1.165, 1.54) is 18.4 Å². The van der Waals surface area contributed by atoms with Gasteiger partial charge in [0.25, 0.3) is 0 Å². The molecule has 2 heterocycles. The van der Waals surface area contributed by atoms with Crippen molar-refractivity contribution in [3.63, 3.8) is 0 Å². The highest BCUT2D eigenvalue weighted by Crippen LogP contribution is 2.18. The Morgan fingerprint density at radius 1 is 1.33 bits per heavy atom. The van der Waals surface area contributed by atoms with Crippen molar-refractivity contribution in [1.29, 1.82) is 0 Å². The normalized spacial score (nSPS) is 19.8. The first-order chi connectivity index (χ1) is 10.1. The molecule has 1 N–H and O–H groups in total. The molecule has 0 bridgehead atoms. The smallest absolute Gasteiger partial charge is 0.217 e. The largest absolute Gasteiger partial charge is 0.284 e. The van der Waals surface area contributed by atoms with Crippen LogP contribution in [0.15, 0.2) is 24.3 Å². The van der Waals surface area contributed by atoms with Crippen LogP contribution in [-0.2, 0) is 6.67 Å². The predicted molar refractivity (Wildman–Crippen MR) is 87.6 cm³/mol. The Morgan fingerprint density at radius 3 is 2.81 bits per heavy atom. The molecule has 0 aliphatic carbocycles. The third kappa shape index (κ3) is 3.41. The van der Waals surface area contributed by atoms with Crippen LogP contribution in [-0.4, -0.2) is 32.8 Å². The van der Waals surface area contributed by atoms with Gasteiger partial charge in [-0.2, -0.15) is 4.98 Å². The van der Waals surface area contributed by atoms with Gasteiger partial charge in [0.05, 0.1) is 6.67 Å². The van der Waals surface area contributed by atoms with E-state index in [0.717, 1.165) is 37.1 Å². The van der Waals surface area contributed by atoms with Crippen molar-refractivity contribution in [1.82, 2.24) is 19.7 Å².